The summed E-state index contributed by atoms with van der Waals surface area (Å²) in [5.41, 5.74) is -1.55. The van der Waals surface area contributed by atoms with Crippen LogP contribution >= 0.6 is 0 Å². The Labute approximate surface area is 145 Å². The van der Waals surface area contributed by atoms with E-state index in [9.17, 15) is 20.3 Å². The van der Waals surface area contributed by atoms with E-state index in [1.54, 1.807) is 48.5 Å². The van der Waals surface area contributed by atoms with E-state index in [2.05, 4.69) is 6.07 Å². The largest absolute Gasteiger partial charge is 0.478 e. The molecule has 2 aromatic carbocycles. The van der Waals surface area contributed by atoms with E-state index in [-0.39, 0.29) is 18.8 Å². The molecule has 2 aromatic rings. The molecule has 1 aliphatic heterocycles. The average Bonchev–Trinajstić information content (AvgIpc) is 2.60. The molecule has 1 atom stereocenters. The first kappa shape index (κ1) is 16.9. The molecule has 1 aliphatic rings. The van der Waals surface area contributed by atoms with Crippen molar-refractivity contribution in [1.29, 1.82) is 5.26 Å². The number of aliphatic hydroxyl groups is 1. The molecule has 0 bridgehead atoms. The van der Waals surface area contributed by atoms with Gasteiger partial charge >= 0.3 is 5.97 Å². The molecule has 2 N–H and O–H groups in total. The maximum absolute atomic E-state index is 11.4. The molecule has 1 saturated heterocycles. The van der Waals surface area contributed by atoms with Crippen LogP contribution in [-0.4, -0.2) is 29.4 Å². The monoisotopic (exact) mass is 335 g/mol. The third-order valence-electron chi connectivity index (χ3n) is 4.55. The maximum atomic E-state index is 11.4. The summed E-state index contributed by atoms with van der Waals surface area (Å²) >= 11 is 0. The molecule has 25 heavy (non-hydrogen) atoms. The molecule has 1 fully saturated rings. The number of carboxylic acid groups (broad SMARTS) is 1. The van der Waals surface area contributed by atoms with Gasteiger partial charge in [-0.15, -0.1) is 0 Å². The minimum absolute atomic E-state index is 0.111. The molecule has 0 spiro atoms. The van der Waals surface area contributed by atoms with Gasteiger partial charge in [0.1, 0.15) is 11.0 Å². The highest BCUT2D eigenvalue weighted by molar-refractivity contribution is 5.92. The van der Waals surface area contributed by atoms with Gasteiger partial charge in [-0.3, -0.25) is 0 Å². The number of hydrogen-bond donors (Lipinski definition) is 2. The summed E-state index contributed by atoms with van der Waals surface area (Å²) in [7, 11) is 0. The first-order valence-corrected chi connectivity index (χ1v) is 7.81. The zero-order chi connectivity index (χ0) is 17.9. The Kier molecular flexibility index (Phi) is 4.41. The fourth-order valence-electron chi connectivity index (χ4n) is 2.95. The van der Waals surface area contributed by atoms with Crippen LogP contribution in [0.5, 0.6) is 0 Å². The Hall–Kier alpha value is -2.94. The van der Waals surface area contributed by atoms with E-state index in [4.69, 9.17) is 4.74 Å². The summed E-state index contributed by atoms with van der Waals surface area (Å²) < 4.78 is 5.20. The minimum Gasteiger partial charge on any atom is -0.478 e. The zero-order valence-corrected chi connectivity index (χ0v) is 13.4. The Balaban J connectivity index is 2.09. The van der Waals surface area contributed by atoms with Crippen LogP contribution in [0.3, 0.4) is 0 Å². The normalized spacial score (nSPS) is 18.1. The van der Waals surface area contributed by atoms with E-state index in [1.807, 2.05) is 6.07 Å². The number of rotatable bonds is 5. The molecule has 3 rings (SSSR count). The lowest BCUT2D eigenvalue weighted by molar-refractivity contribution is -0.174. The van der Waals surface area contributed by atoms with Crippen molar-refractivity contribution in [3.05, 3.63) is 77.4 Å². The smallest absolute Gasteiger partial charge is 0.336 e. The Morgan fingerprint density at radius 2 is 1.80 bits per heavy atom. The second-order valence-electron chi connectivity index (χ2n) is 6.04. The lowest BCUT2D eigenvalue weighted by Gasteiger charge is -2.46. The number of aromatic carboxylic acids is 1. The SMILES string of the molecule is N#CC1([C@@](O)(/C=C/c2ccccc2C(=O)O)c2ccccc2)COC1. The van der Waals surface area contributed by atoms with Gasteiger partial charge in [-0.25, -0.2) is 4.79 Å². The van der Waals surface area contributed by atoms with Crippen molar-refractivity contribution in [3.8, 4) is 6.07 Å². The lowest BCUT2D eigenvalue weighted by Crippen LogP contribution is -2.56. The van der Waals surface area contributed by atoms with Gasteiger partial charge in [0.05, 0.1) is 24.8 Å². The summed E-state index contributed by atoms with van der Waals surface area (Å²) in [5, 5.41) is 30.4. The summed E-state index contributed by atoms with van der Waals surface area (Å²) in [6.07, 6.45) is 3.05. The van der Waals surface area contributed by atoms with Crippen LogP contribution in [-0.2, 0) is 10.3 Å². The standard InChI is InChI=1S/C20H17NO4/c21-12-19(13-25-14-19)20(24,16-7-2-1-3-8-16)11-10-15-6-4-5-9-17(15)18(22)23/h1-11,24H,13-14H2,(H,22,23)/b11-10+/t20-/m1/s1. The van der Waals surface area contributed by atoms with Gasteiger partial charge in [0.2, 0.25) is 0 Å². The summed E-state index contributed by atoms with van der Waals surface area (Å²) in [5.74, 6) is -1.05. The van der Waals surface area contributed by atoms with Crippen molar-refractivity contribution in [1.82, 2.24) is 0 Å². The number of ether oxygens (including phenoxy) is 1. The fraction of sp³-hybridized carbons (Fsp3) is 0.200. The number of nitriles is 1. The van der Waals surface area contributed by atoms with Crippen molar-refractivity contribution in [2.45, 2.75) is 5.60 Å². The fourth-order valence-corrected chi connectivity index (χ4v) is 2.95. The van der Waals surface area contributed by atoms with Crippen LogP contribution in [0.2, 0.25) is 0 Å². The number of hydrogen-bond acceptors (Lipinski definition) is 4. The molecule has 0 saturated carbocycles. The van der Waals surface area contributed by atoms with Gasteiger partial charge in [0.25, 0.3) is 0 Å². The highest BCUT2D eigenvalue weighted by Crippen LogP contribution is 2.46. The molecule has 0 unspecified atom stereocenters. The Bertz CT molecular complexity index is 849. The molecular weight excluding hydrogens is 318 g/mol. The molecule has 0 amide bonds. The minimum atomic E-state index is -1.59. The molecule has 1 heterocycles. The van der Waals surface area contributed by atoms with E-state index >= 15 is 0 Å². The zero-order valence-electron chi connectivity index (χ0n) is 13.4. The van der Waals surface area contributed by atoms with Crippen molar-refractivity contribution in [3.63, 3.8) is 0 Å². The number of benzene rings is 2. The third-order valence-corrected chi connectivity index (χ3v) is 4.55. The van der Waals surface area contributed by atoms with E-state index in [1.165, 1.54) is 12.1 Å². The summed E-state index contributed by atoms with van der Waals surface area (Å²) in [6, 6.07) is 17.6. The van der Waals surface area contributed by atoms with Crippen LogP contribution in [0, 0.1) is 16.7 Å². The molecular formula is C20H17NO4. The quantitative estimate of drug-likeness (QED) is 0.877. The highest BCUT2D eigenvalue weighted by Gasteiger charge is 2.56. The predicted octanol–water partition coefficient (Wildman–Crippen LogP) is 2.83. The molecule has 0 radical (unpaired) electrons. The van der Waals surface area contributed by atoms with Crippen molar-refractivity contribution >= 4 is 12.0 Å². The number of nitrogens with zero attached hydrogens (tertiary/aromatic N) is 1. The van der Waals surface area contributed by atoms with Crippen molar-refractivity contribution in [2.75, 3.05) is 13.2 Å². The second-order valence-corrected chi connectivity index (χ2v) is 6.04. The van der Waals surface area contributed by atoms with Crippen LogP contribution in [0.15, 0.2) is 60.7 Å². The number of carboxylic acids is 1. The summed E-state index contributed by atoms with van der Waals surface area (Å²) in [4.78, 5) is 11.4. The topological polar surface area (TPSA) is 90.5 Å². The van der Waals surface area contributed by atoms with Crippen LogP contribution in [0.1, 0.15) is 21.5 Å². The lowest BCUT2D eigenvalue weighted by atomic mass is 9.67. The number of carbonyl (C=O) groups is 1. The van der Waals surface area contributed by atoms with Crippen LogP contribution in [0.25, 0.3) is 6.08 Å². The van der Waals surface area contributed by atoms with Crippen molar-refractivity contribution in [2.24, 2.45) is 5.41 Å². The first-order valence-electron chi connectivity index (χ1n) is 7.81. The van der Waals surface area contributed by atoms with Gasteiger partial charge in [-0.05, 0) is 23.3 Å². The van der Waals surface area contributed by atoms with Gasteiger partial charge in [0, 0.05) is 0 Å². The molecule has 126 valence electrons. The van der Waals surface area contributed by atoms with E-state index in [0.29, 0.717) is 11.1 Å². The molecule has 0 aliphatic carbocycles. The maximum Gasteiger partial charge on any atom is 0.336 e. The molecule has 0 aromatic heterocycles. The van der Waals surface area contributed by atoms with Crippen molar-refractivity contribution < 1.29 is 19.7 Å². The summed E-state index contributed by atoms with van der Waals surface area (Å²) in [6.45, 7) is 0.222. The van der Waals surface area contributed by atoms with Gasteiger partial charge in [-0.1, -0.05) is 54.6 Å². The van der Waals surface area contributed by atoms with Gasteiger partial charge < -0.3 is 14.9 Å². The van der Waals surface area contributed by atoms with Crippen LogP contribution < -0.4 is 0 Å². The van der Waals surface area contributed by atoms with Gasteiger partial charge in [-0.2, -0.15) is 5.26 Å². The Morgan fingerprint density at radius 1 is 1.16 bits per heavy atom. The van der Waals surface area contributed by atoms with E-state index in [0.717, 1.165) is 0 Å². The average molecular weight is 335 g/mol. The van der Waals surface area contributed by atoms with E-state index < -0.39 is 17.0 Å². The van der Waals surface area contributed by atoms with Crippen LogP contribution in [0.4, 0.5) is 0 Å². The second kappa shape index (κ2) is 6.52. The highest BCUT2D eigenvalue weighted by atomic mass is 16.5. The predicted molar refractivity (Wildman–Crippen MR) is 91.6 cm³/mol. The van der Waals surface area contributed by atoms with Gasteiger partial charge in [0.15, 0.2) is 0 Å². The molecule has 5 heteroatoms. The molecule has 5 nitrogen and oxygen atoms in total. The Morgan fingerprint density at radius 3 is 2.36 bits per heavy atom. The first-order chi connectivity index (χ1) is 12.0. The third kappa shape index (κ3) is 2.82.